The summed E-state index contributed by atoms with van der Waals surface area (Å²) in [6.07, 6.45) is 0. The van der Waals surface area contributed by atoms with Gasteiger partial charge < -0.3 is 4.74 Å². The molecule has 0 radical (unpaired) electrons. The van der Waals surface area contributed by atoms with E-state index in [0.717, 1.165) is 4.70 Å². The molecule has 1 aromatic heterocycles. The summed E-state index contributed by atoms with van der Waals surface area (Å²) >= 11 is 7.47. The number of anilines is 1. The molecule has 0 saturated carbocycles. The minimum Gasteiger partial charge on any atom is -0.484 e. The first-order valence-electron chi connectivity index (χ1n) is 7.60. The van der Waals surface area contributed by atoms with Crippen LogP contribution >= 0.6 is 22.9 Å². The zero-order valence-electron chi connectivity index (χ0n) is 13.4. The highest BCUT2D eigenvalue weighted by Gasteiger charge is 2.10. The van der Waals surface area contributed by atoms with E-state index >= 15 is 0 Å². The van der Waals surface area contributed by atoms with Crippen molar-refractivity contribution in [3.63, 3.8) is 0 Å². The Bertz CT molecular complexity index is 859. The van der Waals surface area contributed by atoms with Crippen LogP contribution in [0.4, 0.5) is 5.13 Å². The summed E-state index contributed by atoms with van der Waals surface area (Å²) in [5.74, 6) is 0.883. The molecule has 1 heterocycles. The molecule has 0 unspecified atom stereocenters. The van der Waals surface area contributed by atoms with Gasteiger partial charge >= 0.3 is 0 Å². The highest BCUT2D eigenvalue weighted by Crippen LogP contribution is 2.30. The Morgan fingerprint density at radius 1 is 1.25 bits per heavy atom. The highest BCUT2D eigenvalue weighted by atomic mass is 35.5. The molecule has 3 rings (SSSR count). The maximum Gasteiger partial charge on any atom is 0.264 e. The van der Waals surface area contributed by atoms with Gasteiger partial charge in [-0.2, -0.15) is 0 Å². The van der Waals surface area contributed by atoms with Crippen LogP contribution < -0.4 is 10.1 Å². The second kappa shape index (κ2) is 7.20. The summed E-state index contributed by atoms with van der Waals surface area (Å²) in [5.41, 5.74) is 1.93. The van der Waals surface area contributed by atoms with Crippen molar-refractivity contribution in [3.05, 3.63) is 53.1 Å². The number of aromatic nitrogens is 1. The summed E-state index contributed by atoms with van der Waals surface area (Å²) in [6.45, 7) is 4.20. The van der Waals surface area contributed by atoms with E-state index in [9.17, 15) is 4.79 Å². The molecule has 0 saturated heterocycles. The number of para-hydroxylation sites is 1. The van der Waals surface area contributed by atoms with Crippen molar-refractivity contribution in [3.8, 4) is 5.75 Å². The standard InChI is InChI=1S/C18H17ClN2O2S/c1-11(2)12-6-8-13(9-7-12)23-10-16(22)20-18-21-17-14(19)4-3-5-15(17)24-18/h3-9,11H,10H2,1-2H3,(H,20,21,22). The zero-order valence-corrected chi connectivity index (χ0v) is 14.9. The van der Waals surface area contributed by atoms with Gasteiger partial charge in [0.15, 0.2) is 11.7 Å². The van der Waals surface area contributed by atoms with Crippen molar-refractivity contribution in [2.24, 2.45) is 0 Å². The fourth-order valence-electron chi connectivity index (χ4n) is 2.22. The average Bonchev–Trinajstić information content (AvgIpc) is 2.97. The van der Waals surface area contributed by atoms with Crippen LogP contribution in [0.1, 0.15) is 25.3 Å². The van der Waals surface area contributed by atoms with E-state index in [2.05, 4.69) is 24.1 Å². The number of rotatable bonds is 5. The summed E-state index contributed by atoms with van der Waals surface area (Å²) in [5, 5.41) is 3.83. The molecule has 2 aromatic carbocycles. The first-order chi connectivity index (χ1) is 11.5. The second-order valence-electron chi connectivity index (χ2n) is 5.67. The molecule has 3 aromatic rings. The molecule has 1 amide bonds. The predicted molar refractivity (Wildman–Crippen MR) is 99.3 cm³/mol. The van der Waals surface area contributed by atoms with Gasteiger partial charge in [0.1, 0.15) is 11.3 Å². The van der Waals surface area contributed by atoms with Crippen LogP contribution in [0.25, 0.3) is 10.2 Å². The minimum absolute atomic E-state index is 0.0648. The van der Waals surface area contributed by atoms with Gasteiger partial charge in [0.25, 0.3) is 5.91 Å². The van der Waals surface area contributed by atoms with Crippen molar-refractivity contribution in [1.82, 2.24) is 4.98 Å². The molecule has 0 bridgehead atoms. The number of nitrogens with one attached hydrogen (secondary N) is 1. The molecule has 24 heavy (non-hydrogen) atoms. The van der Waals surface area contributed by atoms with Crippen molar-refractivity contribution < 1.29 is 9.53 Å². The van der Waals surface area contributed by atoms with Crippen molar-refractivity contribution in [2.75, 3.05) is 11.9 Å². The van der Waals surface area contributed by atoms with Crippen molar-refractivity contribution >= 4 is 44.2 Å². The van der Waals surface area contributed by atoms with Crippen LogP contribution in [-0.2, 0) is 4.79 Å². The number of hydrogen-bond acceptors (Lipinski definition) is 4. The molecule has 6 heteroatoms. The SMILES string of the molecule is CC(C)c1ccc(OCC(=O)Nc2nc3c(Cl)cccc3s2)cc1. The zero-order chi connectivity index (χ0) is 17.1. The van der Waals surface area contributed by atoms with Gasteiger partial charge in [-0.25, -0.2) is 4.98 Å². The molecule has 124 valence electrons. The quantitative estimate of drug-likeness (QED) is 0.689. The predicted octanol–water partition coefficient (Wildman–Crippen LogP) is 5.09. The summed E-state index contributed by atoms with van der Waals surface area (Å²) in [4.78, 5) is 16.4. The third-order valence-corrected chi connectivity index (χ3v) is 4.77. The summed E-state index contributed by atoms with van der Waals surface area (Å²) in [6, 6.07) is 13.3. The van der Waals surface area contributed by atoms with Gasteiger partial charge in [0.2, 0.25) is 0 Å². The van der Waals surface area contributed by atoms with E-state index in [-0.39, 0.29) is 12.5 Å². The molecule has 0 atom stereocenters. The first-order valence-corrected chi connectivity index (χ1v) is 8.80. The smallest absolute Gasteiger partial charge is 0.264 e. The first kappa shape index (κ1) is 16.7. The van der Waals surface area contributed by atoms with E-state index in [1.165, 1.54) is 16.9 Å². The van der Waals surface area contributed by atoms with Crippen LogP contribution in [0.2, 0.25) is 5.02 Å². The number of thiazole rings is 1. The third-order valence-electron chi connectivity index (χ3n) is 3.53. The van der Waals surface area contributed by atoms with Gasteiger partial charge in [-0.1, -0.05) is 55.0 Å². The van der Waals surface area contributed by atoms with Gasteiger partial charge in [-0.3, -0.25) is 10.1 Å². The van der Waals surface area contributed by atoms with Crippen LogP contribution in [0.15, 0.2) is 42.5 Å². The Morgan fingerprint density at radius 3 is 2.67 bits per heavy atom. The lowest BCUT2D eigenvalue weighted by Gasteiger charge is -2.08. The molecule has 0 aliphatic rings. The number of amides is 1. The number of benzene rings is 2. The number of carbonyl (C=O) groups is 1. The molecule has 0 spiro atoms. The monoisotopic (exact) mass is 360 g/mol. The van der Waals surface area contributed by atoms with Crippen LogP contribution in [0, 0.1) is 0 Å². The van der Waals surface area contributed by atoms with E-state index in [1.807, 2.05) is 36.4 Å². The maximum absolute atomic E-state index is 12.0. The molecule has 1 N–H and O–H groups in total. The van der Waals surface area contributed by atoms with E-state index in [4.69, 9.17) is 16.3 Å². The lowest BCUT2D eigenvalue weighted by atomic mass is 10.0. The Morgan fingerprint density at radius 2 is 2.00 bits per heavy atom. The highest BCUT2D eigenvalue weighted by molar-refractivity contribution is 7.22. The fraction of sp³-hybridized carbons (Fsp3) is 0.222. The topological polar surface area (TPSA) is 51.2 Å². The van der Waals surface area contributed by atoms with Gasteiger partial charge in [-0.05, 0) is 35.7 Å². The van der Waals surface area contributed by atoms with Crippen molar-refractivity contribution in [2.45, 2.75) is 19.8 Å². The average molecular weight is 361 g/mol. The molecule has 4 nitrogen and oxygen atoms in total. The molecule has 0 aliphatic heterocycles. The summed E-state index contributed by atoms with van der Waals surface area (Å²) in [7, 11) is 0. The van der Waals surface area contributed by atoms with Gasteiger partial charge in [0.05, 0.1) is 9.72 Å². The number of nitrogens with zero attached hydrogens (tertiary/aromatic N) is 1. The second-order valence-corrected chi connectivity index (χ2v) is 7.10. The van der Waals surface area contributed by atoms with E-state index in [1.54, 1.807) is 6.07 Å². The van der Waals surface area contributed by atoms with Crippen LogP contribution in [-0.4, -0.2) is 17.5 Å². The lowest BCUT2D eigenvalue weighted by Crippen LogP contribution is -2.20. The van der Waals surface area contributed by atoms with Gasteiger partial charge in [0, 0.05) is 0 Å². The Balaban J connectivity index is 1.59. The molecular weight excluding hydrogens is 344 g/mol. The number of carbonyl (C=O) groups excluding carboxylic acids is 1. The van der Waals surface area contributed by atoms with Gasteiger partial charge in [-0.15, -0.1) is 0 Å². The van der Waals surface area contributed by atoms with Crippen molar-refractivity contribution in [1.29, 1.82) is 0 Å². The Kier molecular flexibility index (Phi) is 5.02. The molecule has 0 aliphatic carbocycles. The Hall–Kier alpha value is -2.11. The number of hydrogen-bond donors (Lipinski definition) is 1. The van der Waals surface area contributed by atoms with Crippen LogP contribution in [0.3, 0.4) is 0 Å². The lowest BCUT2D eigenvalue weighted by molar-refractivity contribution is -0.118. The number of fused-ring (bicyclic) bond motifs is 1. The number of halogens is 1. The Labute approximate surface area is 149 Å². The van der Waals surface area contributed by atoms with E-state index < -0.39 is 0 Å². The third kappa shape index (κ3) is 3.86. The molecule has 0 fully saturated rings. The number of ether oxygens (including phenoxy) is 1. The summed E-state index contributed by atoms with van der Waals surface area (Å²) < 4.78 is 6.44. The van der Waals surface area contributed by atoms with Crippen LogP contribution in [0.5, 0.6) is 5.75 Å². The maximum atomic E-state index is 12.0. The molecular formula is C18H17ClN2O2S. The fourth-order valence-corrected chi connectivity index (χ4v) is 3.40. The minimum atomic E-state index is -0.252. The largest absolute Gasteiger partial charge is 0.484 e. The van der Waals surface area contributed by atoms with E-state index in [0.29, 0.717) is 27.3 Å². The normalized spacial score (nSPS) is 11.0.